The van der Waals surface area contributed by atoms with Gasteiger partial charge in [-0.1, -0.05) is 23.8 Å². The lowest BCUT2D eigenvalue weighted by Crippen LogP contribution is -2.31. The van der Waals surface area contributed by atoms with Gasteiger partial charge in [0.2, 0.25) is 0 Å². The summed E-state index contributed by atoms with van der Waals surface area (Å²) in [6.45, 7) is 5.92. The van der Waals surface area contributed by atoms with Gasteiger partial charge in [-0.3, -0.25) is 4.31 Å². The van der Waals surface area contributed by atoms with E-state index in [1.807, 2.05) is 38.1 Å². The maximum absolute atomic E-state index is 12.9. The van der Waals surface area contributed by atoms with Crippen molar-refractivity contribution in [2.45, 2.75) is 25.7 Å². The van der Waals surface area contributed by atoms with Gasteiger partial charge in [-0.2, -0.15) is 0 Å². The Morgan fingerprint density at radius 1 is 1.05 bits per heavy atom. The van der Waals surface area contributed by atoms with Crippen molar-refractivity contribution >= 4 is 21.4 Å². The molecule has 2 aromatic rings. The van der Waals surface area contributed by atoms with Crippen LogP contribution in [0.4, 0.5) is 11.4 Å². The molecule has 0 aromatic heterocycles. The standard InChI is InChI=1S/C16H20N2O2S/c1-4-18(15-9-5-12(2)6-10-15)21(19,20)16-11-14(17)8-7-13(16)3/h5-11H,4,17H2,1-3H3. The molecule has 0 amide bonds. The van der Waals surface area contributed by atoms with Crippen LogP contribution in [-0.2, 0) is 10.0 Å². The minimum absolute atomic E-state index is 0.255. The molecule has 4 nitrogen and oxygen atoms in total. The number of aryl methyl sites for hydroxylation is 2. The van der Waals surface area contributed by atoms with E-state index in [9.17, 15) is 8.42 Å². The van der Waals surface area contributed by atoms with Gasteiger partial charge in [-0.25, -0.2) is 8.42 Å². The first kappa shape index (κ1) is 15.4. The zero-order valence-electron chi connectivity index (χ0n) is 12.5. The Labute approximate surface area is 126 Å². The summed E-state index contributed by atoms with van der Waals surface area (Å²) in [5.41, 5.74) is 8.62. The Kier molecular flexibility index (Phi) is 4.23. The third-order valence-electron chi connectivity index (χ3n) is 3.39. The maximum Gasteiger partial charge on any atom is 0.264 e. The molecule has 0 atom stereocenters. The van der Waals surface area contributed by atoms with Crippen LogP contribution in [0.3, 0.4) is 0 Å². The normalized spacial score (nSPS) is 11.4. The molecule has 2 aromatic carbocycles. The molecule has 0 aliphatic heterocycles. The monoisotopic (exact) mass is 304 g/mol. The van der Waals surface area contributed by atoms with Crippen LogP contribution in [-0.4, -0.2) is 15.0 Å². The fourth-order valence-electron chi connectivity index (χ4n) is 2.22. The number of hydrogen-bond acceptors (Lipinski definition) is 3. The lowest BCUT2D eigenvalue weighted by molar-refractivity contribution is 0.591. The molecular formula is C16H20N2O2S. The van der Waals surface area contributed by atoms with Crippen LogP contribution in [0.25, 0.3) is 0 Å². The predicted molar refractivity (Wildman–Crippen MR) is 87.0 cm³/mol. The van der Waals surface area contributed by atoms with Crippen LogP contribution in [0.5, 0.6) is 0 Å². The van der Waals surface area contributed by atoms with E-state index >= 15 is 0 Å². The van der Waals surface area contributed by atoms with E-state index in [1.54, 1.807) is 19.1 Å². The topological polar surface area (TPSA) is 63.4 Å². The molecule has 0 aliphatic carbocycles. The average molecular weight is 304 g/mol. The van der Waals surface area contributed by atoms with Crippen LogP contribution < -0.4 is 10.0 Å². The van der Waals surface area contributed by atoms with Crippen molar-refractivity contribution in [1.29, 1.82) is 0 Å². The molecule has 0 bridgehead atoms. The van der Waals surface area contributed by atoms with Crippen molar-refractivity contribution in [1.82, 2.24) is 0 Å². The molecule has 0 saturated heterocycles. The molecule has 2 N–H and O–H groups in total. The fourth-order valence-corrected chi connectivity index (χ4v) is 3.95. The zero-order chi connectivity index (χ0) is 15.6. The first-order valence-corrected chi connectivity index (χ1v) is 8.26. The maximum atomic E-state index is 12.9. The molecular weight excluding hydrogens is 284 g/mol. The first-order valence-electron chi connectivity index (χ1n) is 6.82. The second-order valence-corrected chi connectivity index (χ2v) is 6.86. The summed E-state index contributed by atoms with van der Waals surface area (Å²) in [6, 6.07) is 12.4. The Balaban J connectivity index is 2.54. The number of benzene rings is 2. The zero-order valence-corrected chi connectivity index (χ0v) is 13.3. The van der Waals surface area contributed by atoms with Gasteiger partial charge in [0, 0.05) is 12.2 Å². The van der Waals surface area contributed by atoms with Crippen molar-refractivity contribution in [3.8, 4) is 0 Å². The van der Waals surface area contributed by atoms with Crippen molar-refractivity contribution < 1.29 is 8.42 Å². The summed E-state index contributed by atoms with van der Waals surface area (Å²) in [5.74, 6) is 0. The van der Waals surface area contributed by atoms with Gasteiger partial charge in [-0.15, -0.1) is 0 Å². The number of anilines is 2. The lowest BCUT2D eigenvalue weighted by atomic mass is 10.2. The molecule has 2 rings (SSSR count). The number of hydrogen-bond donors (Lipinski definition) is 1. The van der Waals surface area contributed by atoms with Gasteiger partial charge in [0.25, 0.3) is 10.0 Å². The number of nitrogens with zero attached hydrogens (tertiary/aromatic N) is 1. The van der Waals surface area contributed by atoms with Crippen molar-refractivity contribution in [3.05, 3.63) is 53.6 Å². The number of sulfonamides is 1. The Morgan fingerprint density at radius 2 is 1.67 bits per heavy atom. The van der Waals surface area contributed by atoms with Crippen molar-refractivity contribution in [3.63, 3.8) is 0 Å². The quantitative estimate of drug-likeness (QED) is 0.883. The summed E-state index contributed by atoms with van der Waals surface area (Å²) in [4.78, 5) is 0.255. The van der Waals surface area contributed by atoms with Crippen LogP contribution in [0.1, 0.15) is 18.1 Å². The van der Waals surface area contributed by atoms with Gasteiger partial charge in [0.1, 0.15) is 0 Å². The van der Waals surface area contributed by atoms with Crippen molar-refractivity contribution in [2.75, 3.05) is 16.6 Å². The summed E-state index contributed by atoms with van der Waals surface area (Å²) < 4.78 is 27.2. The summed E-state index contributed by atoms with van der Waals surface area (Å²) >= 11 is 0. The highest BCUT2D eigenvalue weighted by Crippen LogP contribution is 2.27. The van der Waals surface area contributed by atoms with Gasteiger partial charge >= 0.3 is 0 Å². The molecule has 0 saturated carbocycles. The molecule has 0 radical (unpaired) electrons. The van der Waals surface area contributed by atoms with E-state index in [1.165, 1.54) is 10.4 Å². The second-order valence-electron chi connectivity index (χ2n) is 5.03. The fraction of sp³-hybridized carbons (Fsp3) is 0.250. The minimum Gasteiger partial charge on any atom is -0.399 e. The van der Waals surface area contributed by atoms with E-state index in [0.29, 0.717) is 23.5 Å². The highest BCUT2D eigenvalue weighted by Gasteiger charge is 2.25. The molecule has 5 heteroatoms. The minimum atomic E-state index is -3.62. The molecule has 0 heterocycles. The lowest BCUT2D eigenvalue weighted by Gasteiger charge is -2.24. The molecule has 112 valence electrons. The van der Waals surface area contributed by atoms with Gasteiger partial charge in [0.05, 0.1) is 10.6 Å². The Morgan fingerprint density at radius 3 is 2.24 bits per heavy atom. The van der Waals surface area contributed by atoms with Gasteiger partial charge in [0.15, 0.2) is 0 Å². The third kappa shape index (κ3) is 3.03. The van der Waals surface area contributed by atoms with E-state index in [0.717, 1.165) is 5.56 Å². The van der Waals surface area contributed by atoms with Crippen LogP contribution in [0.15, 0.2) is 47.4 Å². The van der Waals surface area contributed by atoms with E-state index in [2.05, 4.69) is 0 Å². The summed E-state index contributed by atoms with van der Waals surface area (Å²) in [7, 11) is -3.62. The Hall–Kier alpha value is -2.01. The first-order chi connectivity index (χ1) is 9.86. The van der Waals surface area contributed by atoms with E-state index < -0.39 is 10.0 Å². The number of nitrogen functional groups attached to an aromatic ring is 1. The Bertz CT molecular complexity index is 737. The predicted octanol–water partition coefficient (Wildman–Crippen LogP) is 3.10. The molecule has 0 aliphatic rings. The third-order valence-corrected chi connectivity index (χ3v) is 5.43. The largest absolute Gasteiger partial charge is 0.399 e. The summed E-state index contributed by atoms with van der Waals surface area (Å²) in [5, 5.41) is 0. The molecule has 0 unspecified atom stereocenters. The van der Waals surface area contributed by atoms with E-state index in [4.69, 9.17) is 5.73 Å². The van der Waals surface area contributed by atoms with Crippen LogP contribution >= 0.6 is 0 Å². The SMILES string of the molecule is CCN(c1ccc(C)cc1)S(=O)(=O)c1cc(N)ccc1C. The average Bonchev–Trinajstić information content (AvgIpc) is 2.44. The molecule has 0 spiro atoms. The van der Waals surface area contributed by atoms with Crippen molar-refractivity contribution in [2.24, 2.45) is 0 Å². The highest BCUT2D eigenvalue weighted by atomic mass is 32.2. The second kappa shape index (κ2) is 5.77. The van der Waals surface area contributed by atoms with Crippen LogP contribution in [0.2, 0.25) is 0 Å². The number of nitrogens with two attached hydrogens (primary N) is 1. The smallest absolute Gasteiger partial charge is 0.264 e. The van der Waals surface area contributed by atoms with Crippen LogP contribution in [0, 0.1) is 13.8 Å². The van der Waals surface area contributed by atoms with Gasteiger partial charge < -0.3 is 5.73 Å². The highest BCUT2D eigenvalue weighted by molar-refractivity contribution is 7.92. The number of rotatable bonds is 4. The van der Waals surface area contributed by atoms with E-state index in [-0.39, 0.29) is 4.90 Å². The molecule has 21 heavy (non-hydrogen) atoms. The summed E-state index contributed by atoms with van der Waals surface area (Å²) in [6.07, 6.45) is 0. The molecule has 0 fully saturated rings. The van der Waals surface area contributed by atoms with Gasteiger partial charge in [-0.05, 0) is 50.6 Å².